The third-order valence-corrected chi connectivity index (χ3v) is 7.91. The Kier molecular flexibility index (Phi) is 8.58. The molecule has 11 nitrogen and oxygen atoms in total. The van der Waals surface area contributed by atoms with Crippen LogP contribution in [-0.2, 0) is 4.79 Å². The minimum atomic E-state index is -0.447. The first kappa shape index (κ1) is 29.5. The van der Waals surface area contributed by atoms with Crippen LogP contribution in [0.3, 0.4) is 0 Å². The lowest BCUT2D eigenvalue weighted by Crippen LogP contribution is -2.33. The summed E-state index contributed by atoms with van der Waals surface area (Å²) >= 11 is 5.82. The van der Waals surface area contributed by atoms with Crippen LogP contribution in [0.25, 0.3) is 5.69 Å². The number of ether oxygens (including phenoxy) is 2. The molecule has 2 aromatic carbocycles. The van der Waals surface area contributed by atoms with Gasteiger partial charge < -0.3 is 29.6 Å². The molecule has 0 bridgehead atoms. The molecule has 0 aliphatic carbocycles. The van der Waals surface area contributed by atoms with E-state index in [1.807, 2.05) is 53.6 Å². The molecule has 1 fully saturated rings. The summed E-state index contributed by atoms with van der Waals surface area (Å²) in [5.74, 6) is 0.790. The number of thiocarbonyl (C=S) groups is 1. The molecule has 2 unspecified atom stereocenters. The van der Waals surface area contributed by atoms with Crippen molar-refractivity contribution in [2.75, 3.05) is 26.1 Å². The van der Waals surface area contributed by atoms with Crippen molar-refractivity contribution in [2.45, 2.75) is 32.4 Å². The van der Waals surface area contributed by atoms with Gasteiger partial charge in [-0.2, -0.15) is 0 Å². The number of hydrogen-bond donors (Lipinski definition) is 2. The largest absolute Gasteiger partial charge is 0.495 e. The third-order valence-electron chi connectivity index (χ3n) is 7.56. The second kappa shape index (κ2) is 12.5. The number of carbonyl (C=O) groups is 1. The topological polar surface area (TPSA) is 124 Å². The van der Waals surface area contributed by atoms with Crippen LogP contribution in [-0.4, -0.2) is 51.2 Å². The van der Waals surface area contributed by atoms with E-state index >= 15 is 0 Å². The Balaban J connectivity index is 1.50. The van der Waals surface area contributed by atoms with E-state index in [1.54, 1.807) is 31.5 Å². The summed E-state index contributed by atoms with van der Waals surface area (Å²) in [6.07, 6.45) is 1.92. The maximum Gasteiger partial charge on any atom is 0.273 e. The monoisotopic (exact) mass is 600 g/mol. The maximum absolute atomic E-state index is 13.1. The van der Waals surface area contributed by atoms with Gasteiger partial charge >= 0.3 is 0 Å². The number of hydrogen-bond acceptors (Lipinski definition) is 7. The van der Waals surface area contributed by atoms with Gasteiger partial charge in [0, 0.05) is 36.6 Å². The molecule has 12 heteroatoms. The summed E-state index contributed by atoms with van der Waals surface area (Å²) in [5, 5.41) is 18.3. The zero-order valence-corrected chi connectivity index (χ0v) is 25.1. The van der Waals surface area contributed by atoms with Gasteiger partial charge in [-0.25, -0.2) is 0 Å². The minimum Gasteiger partial charge on any atom is -0.495 e. The highest BCUT2D eigenvalue weighted by Crippen LogP contribution is 2.42. The fourth-order valence-electron chi connectivity index (χ4n) is 5.59. The van der Waals surface area contributed by atoms with E-state index in [-0.39, 0.29) is 30.1 Å². The number of nitro groups is 1. The van der Waals surface area contributed by atoms with Crippen LogP contribution in [0.2, 0.25) is 0 Å². The summed E-state index contributed by atoms with van der Waals surface area (Å²) in [5.41, 5.74) is 4.83. The van der Waals surface area contributed by atoms with Gasteiger partial charge in [-0.15, -0.1) is 0 Å². The summed E-state index contributed by atoms with van der Waals surface area (Å²) in [7, 11) is 3.05. The molecule has 2 aromatic heterocycles. The number of benzene rings is 2. The van der Waals surface area contributed by atoms with Gasteiger partial charge in [0.25, 0.3) is 5.69 Å². The summed E-state index contributed by atoms with van der Waals surface area (Å²) < 4.78 is 12.9. The van der Waals surface area contributed by atoms with E-state index in [4.69, 9.17) is 21.7 Å². The fraction of sp³-hybridized carbons (Fsp3) is 0.258. The molecule has 2 atom stereocenters. The van der Waals surface area contributed by atoms with Crippen molar-refractivity contribution in [1.82, 2.24) is 19.8 Å². The van der Waals surface area contributed by atoms with Gasteiger partial charge in [-0.1, -0.05) is 18.2 Å². The molecular formula is C31H32N6O5S. The number of nitrogens with one attached hydrogen (secondary N) is 2. The van der Waals surface area contributed by atoms with Crippen molar-refractivity contribution >= 4 is 34.6 Å². The van der Waals surface area contributed by atoms with Crippen molar-refractivity contribution in [1.29, 1.82) is 0 Å². The van der Waals surface area contributed by atoms with Crippen LogP contribution < -0.4 is 20.1 Å². The Morgan fingerprint density at radius 2 is 1.81 bits per heavy atom. The van der Waals surface area contributed by atoms with Crippen molar-refractivity contribution in [3.63, 3.8) is 0 Å². The molecule has 222 valence electrons. The van der Waals surface area contributed by atoms with Crippen LogP contribution in [0.4, 0.5) is 11.4 Å². The number of methoxy groups -OCH3 is 2. The second-order valence-electron chi connectivity index (χ2n) is 10.1. The summed E-state index contributed by atoms with van der Waals surface area (Å²) in [4.78, 5) is 30.6. The van der Waals surface area contributed by atoms with Gasteiger partial charge in [-0.05, 0) is 68.0 Å². The van der Waals surface area contributed by atoms with Crippen molar-refractivity contribution in [2.24, 2.45) is 0 Å². The smallest absolute Gasteiger partial charge is 0.273 e. The average molecular weight is 601 g/mol. The van der Waals surface area contributed by atoms with E-state index in [1.165, 1.54) is 19.2 Å². The zero-order chi connectivity index (χ0) is 30.7. The third kappa shape index (κ3) is 5.86. The van der Waals surface area contributed by atoms with Crippen LogP contribution in [0.5, 0.6) is 11.5 Å². The quantitative estimate of drug-likeness (QED) is 0.140. The molecule has 1 saturated heterocycles. The normalized spacial score (nSPS) is 16.1. The Morgan fingerprint density at radius 3 is 2.51 bits per heavy atom. The van der Waals surface area contributed by atoms with E-state index in [0.29, 0.717) is 34.5 Å². The zero-order valence-electron chi connectivity index (χ0n) is 24.2. The number of para-hydroxylation sites is 2. The highest BCUT2D eigenvalue weighted by Gasteiger charge is 2.41. The van der Waals surface area contributed by atoms with Crippen molar-refractivity contribution < 1.29 is 19.2 Å². The first-order chi connectivity index (χ1) is 20.7. The number of anilines is 1. The van der Waals surface area contributed by atoms with Crippen LogP contribution in [0, 0.1) is 24.0 Å². The van der Waals surface area contributed by atoms with Crippen LogP contribution in [0.1, 0.15) is 41.1 Å². The predicted octanol–water partition coefficient (Wildman–Crippen LogP) is 5.42. The molecule has 0 radical (unpaired) electrons. The van der Waals surface area contributed by atoms with E-state index < -0.39 is 4.92 Å². The Bertz CT molecular complexity index is 1670. The highest BCUT2D eigenvalue weighted by atomic mass is 32.1. The molecule has 3 heterocycles. The fourth-order valence-corrected chi connectivity index (χ4v) is 5.92. The second-order valence-corrected chi connectivity index (χ2v) is 10.5. The number of nitro benzene ring substituents is 1. The lowest BCUT2D eigenvalue weighted by molar-refractivity contribution is -0.384. The maximum atomic E-state index is 13.1. The van der Waals surface area contributed by atoms with Gasteiger partial charge in [-0.3, -0.25) is 19.9 Å². The molecule has 43 heavy (non-hydrogen) atoms. The number of nitrogens with zero attached hydrogens (tertiary/aromatic N) is 4. The first-order valence-corrected chi connectivity index (χ1v) is 14.1. The van der Waals surface area contributed by atoms with Crippen LogP contribution in [0.15, 0.2) is 72.9 Å². The van der Waals surface area contributed by atoms with E-state index in [0.717, 1.165) is 22.6 Å². The molecule has 0 saturated carbocycles. The number of non-ortho nitro benzene ring substituents is 1. The van der Waals surface area contributed by atoms with Gasteiger partial charge in [0.15, 0.2) is 5.11 Å². The average Bonchev–Trinajstić information content (AvgIpc) is 3.50. The number of pyridine rings is 1. The number of rotatable bonds is 10. The Labute approximate surface area is 254 Å². The summed E-state index contributed by atoms with van der Waals surface area (Å²) in [6.45, 7) is 4.32. The lowest BCUT2D eigenvalue weighted by Gasteiger charge is -2.28. The molecule has 2 N–H and O–H groups in total. The standard InChI is InChI=1S/C31H32N6O5S/c1-19-17-22(20(2)36(19)25-13-12-21(37(39)40)18-27(25)42-4)30-29(24-10-7-8-15-32-24)34-31(43)35(30)16-14-28(38)33-23-9-5-6-11-26(23)41-3/h5-13,15,17-18,29-30H,14,16H2,1-4H3,(H,33,38)(H,34,43). The van der Waals surface area contributed by atoms with Crippen molar-refractivity contribution in [3.05, 3.63) is 106 Å². The number of aromatic nitrogens is 2. The lowest BCUT2D eigenvalue weighted by atomic mass is 9.96. The first-order valence-electron chi connectivity index (χ1n) is 13.7. The molecule has 1 aliphatic rings. The number of aryl methyl sites for hydroxylation is 1. The molecule has 0 spiro atoms. The SMILES string of the molecule is COc1ccccc1NC(=O)CCN1C(=S)NC(c2ccccn2)C1c1cc(C)n(-c2ccc([N+](=O)[O-])cc2OC)c1C. The highest BCUT2D eigenvalue weighted by molar-refractivity contribution is 7.80. The number of amides is 1. The number of carbonyl (C=O) groups excluding carboxylic acids is 1. The molecular weight excluding hydrogens is 568 g/mol. The molecule has 1 aliphatic heterocycles. The van der Waals surface area contributed by atoms with E-state index in [9.17, 15) is 14.9 Å². The minimum absolute atomic E-state index is 0.0542. The van der Waals surface area contributed by atoms with Crippen LogP contribution >= 0.6 is 12.2 Å². The summed E-state index contributed by atoms with van der Waals surface area (Å²) in [6, 6.07) is 19.1. The molecule has 5 rings (SSSR count). The van der Waals surface area contributed by atoms with E-state index in [2.05, 4.69) is 21.7 Å². The molecule has 4 aromatic rings. The molecule has 1 amide bonds. The Morgan fingerprint density at radius 1 is 1.07 bits per heavy atom. The predicted molar refractivity (Wildman–Crippen MR) is 167 cm³/mol. The van der Waals surface area contributed by atoms with Gasteiger partial charge in [0.2, 0.25) is 5.91 Å². The van der Waals surface area contributed by atoms with Crippen molar-refractivity contribution in [3.8, 4) is 17.2 Å². The Hall–Kier alpha value is -4.97. The van der Waals surface area contributed by atoms with Gasteiger partial charge in [0.1, 0.15) is 11.5 Å². The van der Waals surface area contributed by atoms with Gasteiger partial charge in [0.05, 0.1) is 54.4 Å².